The lowest BCUT2D eigenvalue weighted by Crippen LogP contribution is -2.22. The Labute approximate surface area is 167 Å². The number of thiazole rings is 1. The third-order valence-corrected chi connectivity index (χ3v) is 6.34. The van der Waals surface area contributed by atoms with Crippen LogP contribution in [0.3, 0.4) is 0 Å². The fourth-order valence-electron chi connectivity index (χ4n) is 3.84. The maximum absolute atomic E-state index is 12.4. The predicted octanol–water partition coefficient (Wildman–Crippen LogP) is 5.84. The minimum absolute atomic E-state index is 0.0773. The molecule has 2 aliphatic rings. The van der Waals surface area contributed by atoms with Crippen molar-refractivity contribution >= 4 is 23.4 Å². The fourth-order valence-corrected chi connectivity index (χ4v) is 4.41. The molecule has 3 rings (SSSR count). The molecule has 0 aromatic carbocycles. The molecule has 2 aliphatic heterocycles. The maximum atomic E-state index is 12.4. The van der Waals surface area contributed by atoms with E-state index in [4.69, 9.17) is 9.47 Å². The summed E-state index contributed by atoms with van der Waals surface area (Å²) in [5.74, 6) is -0.0773. The van der Waals surface area contributed by atoms with E-state index in [0.29, 0.717) is 12.5 Å². The van der Waals surface area contributed by atoms with Crippen molar-refractivity contribution in [3.8, 4) is 0 Å². The number of carbonyl (C=O) groups excluding carboxylic acids is 1. The van der Waals surface area contributed by atoms with Gasteiger partial charge in [-0.15, -0.1) is 11.3 Å². The van der Waals surface area contributed by atoms with Gasteiger partial charge in [-0.3, -0.25) is 4.79 Å². The van der Waals surface area contributed by atoms with Crippen molar-refractivity contribution in [3.05, 3.63) is 21.7 Å². The smallest absolute Gasteiger partial charge is 0.306 e. The average Bonchev–Trinajstić information content (AvgIpc) is 3.24. The van der Waals surface area contributed by atoms with Crippen LogP contribution < -0.4 is 0 Å². The number of ether oxygens (including phenoxy) is 2. The maximum Gasteiger partial charge on any atom is 0.306 e. The average molecular weight is 392 g/mol. The minimum Gasteiger partial charge on any atom is -0.458 e. The first-order chi connectivity index (χ1) is 13.1. The fraction of sp³-hybridized carbons (Fsp3) is 0.727. The van der Waals surface area contributed by atoms with Gasteiger partial charge in [0, 0.05) is 18.2 Å². The van der Waals surface area contributed by atoms with Crippen molar-refractivity contribution in [2.45, 2.75) is 103 Å². The molecular weight excluding hydrogens is 358 g/mol. The van der Waals surface area contributed by atoms with Gasteiger partial charge in [-0.05, 0) is 38.3 Å². The van der Waals surface area contributed by atoms with Gasteiger partial charge in [-0.1, -0.05) is 44.9 Å². The van der Waals surface area contributed by atoms with Crippen molar-refractivity contribution in [1.29, 1.82) is 0 Å². The van der Waals surface area contributed by atoms with E-state index in [0.717, 1.165) is 42.0 Å². The van der Waals surface area contributed by atoms with Gasteiger partial charge in [-0.2, -0.15) is 0 Å². The second kappa shape index (κ2) is 10.4. The van der Waals surface area contributed by atoms with E-state index >= 15 is 0 Å². The monoisotopic (exact) mass is 391 g/mol. The van der Waals surface area contributed by atoms with Crippen molar-refractivity contribution in [2.24, 2.45) is 0 Å². The lowest BCUT2D eigenvalue weighted by molar-refractivity contribution is -0.147. The molecule has 0 radical (unpaired) electrons. The molecule has 150 valence electrons. The van der Waals surface area contributed by atoms with Crippen LogP contribution in [0.4, 0.5) is 0 Å². The summed E-state index contributed by atoms with van der Waals surface area (Å²) in [6.45, 7) is 4.05. The van der Waals surface area contributed by atoms with Gasteiger partial charge in [-0.25, -0.2) is 4.98 Å². The summed E-state index contributed by atoms with van der Waals surface area (Å²) in [6, 6.07) is 0. The Balaban J connectivity index is 1.63. The third kappa shape index (κ3) is 7.04. The van der Waals surface area contributed by atoms with E-state index in [1.807, 2.05) is 19.2 Å². The molecule has 2 saturated heterocycles. The molecule has 3 atom stereocenters. The van der Waals surface area contributed by atoms with Crippen LogP contribution in [0.25, 0.3) is 6.08 Å². The third-order valence-electron chi connectivity index (χ3n) is 5.55. The molecule has 1 unspecified atom stereocenters. The highest BCUT2D eigenvalue weighted by molar-refractivity contribution is 7.09. The highest BCUT2D eigenvalue weighted by atomic mass is 32.1. The second-order valence-corrected chi connectivity index (χ2v) is 9.04. The zero-order valence-electron chi connectivity index (χ0n) is 16.7. The summed E-state index contributed by atoms with van der Waals surface area (Å²) < 4.78 is 11.8. The summed E-state index contributed by atoms with van der Waals surface area (Å²) in [4.78, 5) is 16.9. The van der Waals surface area contributed by atoms with Gasteiger partial charge in [0.05, 0.1) is 22.9 Å². The molecule has 27 heavy (non-hydrogen) atoms. The van der Waals surface area contributed by atoms with Gasteiger partial charge >= 0.3 is 5.97 Å². The molecular formula is C22H33NO3S. The van der Waals surface area contributed by atoms with Crippen molar-refractivity contribution < 1.29 is 14.3 Å². The lowest BCUT2D eigenvalue weighted by Gasteiger charge is -2.18. The molecule has 0 amide bonds. The highest BCUT2D eigenvalue weighted by Crippen LogP contribution is 2.34. The zero-order valence-corrected chi connectivity index (χ0v) is 17.6. The van der Waals surface area contributed by atoms with Gasteiger partial charge < -0.3 is 9.47 Å². The molecule has 0 spiro atoms. The molecule has 1 aromatic rings. The van der Waals surface area contributed by atoms with E-state index in [1.54, 1.807) is 11.3 Å². The van der Waals surface area contributed by atoms with Gasteiger partial charge in [0.25, 0.3) is 0 Å². The molecule has 0 N–H and O–H groups in total. The van der Waals surface area contributed by atoms with Crippen LogP contribution in [0, 0.1) is 6.92 Å². The number of aromatic nitrogens is 1. The van der Waals surface area contributed by atoms with Crippen LogP contribution in [-0.2, 0) is 14.3 Å². The number of epoxide rings is 1. The second-order valence-electron chi connectivity index (χ2n) is 7.97. The number of hydrogen-bond donors (Lipinski definition) is 0. The van der Waals surface area contributed by atoms with E-state index in [2.05, 4.69) is 11.1 Å². The topological polar surface area (TPSA) is 51.7 Å². The zero-order chi connectivity index (χ0) is 19.1. The van der Waals surface area contributed by atoms with Gasteiger partial charge in [0.1, 0.15) is 6.10 Å². The molecule has 2 fully saturated rings. The molecule has 0 saturated carbocycles. The molecule has 0 aliphatic carbocycles. The van der Waals surface area contributed by atoms with E-state index in [1.165, 1.54) is 38.5 Å². The van der Waals surface area contributed by atoms with E-state index in [9.17, 15) is 4.79 Å². The standard InChI is InChI=1S/C22H33NO3S/c1-16(13-18-15-27-17(2)23-18)20-14-21-19(25-21)11-9-7-5-3-4-6-8-10-12-22(24)26-20/h13,15,19-21H,3-12,14H2,1-2H3/b16-13+/t19-,20?,21+/m1/s1. The first-order valence-corrected chi connectivity index (χ1v) is 11.4. The van der Waals surface area contributed by atoms with E-state index < -0.39 is 0 Å². The summed E-state index contributed by atoms with van der Waals surface area (Å²) in [7, 11) is 0. The Morgan fingerprint density at radius 1 is 1.11 bits per heavy atom. The van der Waals surface area contributed by atoms with E-state index in [-0.39, 0.29) is 18.2 Å². The van der Waals surface area contributed by atoms with Crippen molar-refractivity contribution in [2.75, 3.05) is 0 Å². The van der Waals surface area contributed by atoms with Crippen LogP contribution in [0.2, 0.25) is 0 Å². The molecule has 3 heterocycles. The number of fused-ring (bicyclic) bond motifs is 1. The summed E-state index contributed by atoms with van der Waals surface area (Å²) >= 11 is 1.64. The van der Waals surface area contributed by atoms with Crippen molar-refractivity contribution in [3.63, 3.8) is 0 Å². The largest absolute Gasteiger partial charge is 0.458 e. The quantitative estimate of drug-likeness (QED) is 0.469. The first-order valence-electron chi connectivity index (χ1n) is 10.6. The summed E-state index contributed by atoms with van der Waals surface area (Å²) in [5, 5.41) is 3.10. The summed E-state index contributed by atoms with van der Waals surface area (Å²) in [6.07, 6.45) is 14.6. The minimum atomic E-state index is -0.206. The Morgan fingerprint density at radius 3 is 2.52 bits per heavy atom. The number of esters is 1. The van der Waals surface area contributed by atoms with Crippen LogP contribution in [0.5, 0.6) is 0 Å². The highest BCUT2D eigenvalue weighted by Gasteiger charge is 2.40. The number of aryl methyl sites for hydroxylation is 1. The Hall–Kier alpha value is -1.20. The van der Waals surface area contributed by atoms with Gasteiger partial charge in [0.2, 0.25) is 0 Å². The molecule has 5 heteroatoms. The van der Waals surface area contributed by atoms with Gasteiger partial charge in [0.15, 0.2) is 0 Å². The predicted molar refractivity (Wildman–Crippen MR) is 110 cm³/mol. The number of nitrogens with zero attached hydrogens (tertiary/aromatic N) is 1. The molecule has 0 bridgehead atoms. The Bertz CT molecular complexity index is 639. The van der Waals surface area contributed by atoms with Crippen molar-refractivity contribution in [1.82, 2.24) is 4.98 Å². The Morgan fingerprint density at radius 2 is 1.81 bits per heavy atom. The Kier molecular flexibility index (Phi) is 7.89. The SMILES string of the molecule is C/C(=C\c1csc(C)n1)C1C[C@@H]2O[C@@H]2CCCCCCCCCCC(=O)O1. The van der Waals surface area contributed by atoms with Crippen LogP contribution in [-0.4, -0.2) is 29.3 Å². The first kappa shape index (κ1) is 20.5. The molecule has 4 nitrogen and oxygen atoms in total. The number of cyclic esters (lactones) is 1. The summed E-state index contributed by atoms with van der Waals surface area (Å²) in [5.41, 5.74) is 2.01. The van der Waals surface area contributed by atoms with Crippen LogP contribution in [0.1, 0.15) is 88.3 Å². The lowest BCUT2D eigenvalue weighted by atomic mass is 10.0. The number of hydrogen-bond acceptors (Lipinski definition) is 5. The normalized spacial score (nSPS) is 29.0. The van der Waals surface area contributed by atoms with Crippen LogP contribution >= 0.6 is 11.3 Å². The molecule has 1 aromatic heterocycles. The number of carbonyl (C=O) groups is 1. The number of rotatable bonds is 2. The van der Waals surface area contributed by atoms with Crippen LogP contribution in [0.15, 0.2) is 11.0 Å².